The zero-order chi connectivity index (χ0) is 8.11. The summed E-state index contributed by atoms with van der Waals surface area (Å²) < 4.78 is 5.79. The van der Waals surface area contributed by atoms with Crippen molar-refractivity contribution in [1.29, 1.82) is 0 Å². The largest absolute Gasteiger partial charge is 0.375 e. The summed E-state index contributed by atoms with van der Waals surface area (Å²) in [6.07, 6.45) is 3.91. The maximum Gasteiger partial charge on any atom is 0.0721 e. The molecule has 1 heteroatoms. The van der Waals surface area contributed by atoms with Gasteiger partial charge in [0.05, 0.1) is 5.60 Å². The molecule has 1 heterocycles. The number of hydrogen-bond acceptors (Lipinski definition) is 1. The Morgan fingerprint density at radius 3 is 2.45 bits per heavy atom. The monoisotopic (exact) mass is 154 g/mol. The van der Waals surface area contributed by atoms with E-state index in [4.69, 9.17) is 4.74 Å². The third-order valence-electron chi connectivity index (χ3n) is 3.20. The van der Waals surface area contributed by atoms with Gasteiger partial charge in [0.25, 0.3) is 0 Å². The minimum Gasteiger partial charge on any atom is -0.375 e. The molecule has 1 aliphatic carbocycles. The molecule has 2 atom stereocenters. The third kappa shape index (κ3) is 1.10. The molecule has 1 spiro atoms. The fraction of sp³-hybridized carbons (Fsp3) is 1.00. The van der Waals surface area contributed by atoms with E-state index in [1.165, 1.54) is 19.3 Å². The van der Waals surface area contributed by atoms with E-state index in [1.807, 2.05) is 0 Å². The number of rotatable bonds is 0. The van der Waals surface area contributed by atoms with Gasteiger partial charge in [-0.1, -0.05) is 20.8 Å². The van der Waals surface area contributed by atoms with Crippen molar-refractivity contribution < 1.29 is 4.74 Å². The summed E-state index contributed by atoms with van der Waals surface area (Å²) in [5.74, 6) is 0.831. The molecule has 2 fully saturated rings. The lowest BCUT2D eigenvalue weighted by atomic mass is 9.87. The molecule has 0 amide bonds. The van der Waals surface area contributed by atoms with Crippen molar-refractivity contribution >= 4 is 0 Å². The predicted octanol–water partition coefficient (Wildman–Crippen LogP) is 2.60. The lowest BCUT2D eigenvalue weighted by molar-refractivity contribution is 0.0579. The van der Waals surface area contributed by atoms with Gasteiger partial charge < -0.3 is 4.74 Å². The van der Waals surface area contributed by atoms with Gasteiger partial charge in [-0.15, -0.1) is 0 Å². The van der Waals surface area contributed by atoms with Crippen LogP contribution in [0.2, 0.25) is 0 Å². The van der Waals surface area contributed by atoms with Crippen LogP contribution in [0.15, 0.2) is 0 Å². The van der Waals surface area contributed by atoms with Crippen LogP contribution in [-0.2, 0) is 4.74 Å². The number of ether oxygens (including phenoxy) is 1. The van der Waals surface area contributed by atoms with Gasteiger partial charge >= 0.3 is 0 Å². The van der Waals surface area contributed by atoms with Crippen molar-refractivity contribution in [3.05, 3.63) is 0 Å². The first-order valence-corrected chi connectivity index (χ1v) is 4.69. The Morgan fingerprint density at radius 2 is 2.09 bits per heavy atom. The summed E-state index contributed by atoms with van der Waals surface area (Å²) in [6.45, 7) is 7.99. The van der Waals surface area contributed by atoms with Gasteiger partial charge in [-0.2, -0.15) is 0 Å². The second-order valence-electron chi connectivity index (χ2n) is 5.14. The second-order valence-corrected chi connectivity index (χ2v) is 5.14. The van der Waals surface area contributed by atoms with Crippen LogP contribution >= 0.6 is 0 Å². The van der Waals surface area contributed by atoms with Gasteiger partial charge in [0.15, 0.2) is 0 Å². The molecule has 64 valence electrons. The summed E-state index contributed by atoms with van der Waals surface area (Å²) in [6, 6.07) is 0. The zero-order valence-corrected chi connectivity index (χ0v) is 7.81. The summed E-state index contributed by atoms with van der Waals surface area (Å²) in [5.41, 5.74) is 0.808. The Balaban J connectivity index is 2.03. The van der Waals surface area contributed by atoms with Gasteiger partial charge in [-0.05, 0) is 30.6 Å². The summed E-state index contributed by atoms with van der Waals surface area (Å²) >= 11 is 0. The van der Waals surface area contributed by atoms with E-state index >= 15 is 0 Å². The van der Waals surface area contributed by atoms with E-state index in [2.05, 4.69) is 20.8 Å². The van der Waals surface area contributed by atoms with Crippen LogP contribution in [-0.4, -0.2) is 12.2 Å². The van der Waals surface area contributed by atoms with E-state index < -0.39 is 0 Å². The van der Waals surface area contributed by atoms with Crippen LogP contribution in [0.25, 0.3) is 0 Å². The first-order valence-electron chi connectivity index (χ1n) is 4.69. The highest BCUT2D eigenvalue weighted by Gasteiger charge is 2.61. The SMILES string of the molecule is CC(C)(C)C1CC12CCCO2. The van der Waals surface area contributed by atoms with Gasteiger partial charge in [-0.25, -0.2) is 0 Å². The average molecular weight is 154 g/mol. The van der Waals surface area contributed by atoms with Crippen LogP contribution in [0.5, 0.6) is 0 Å². The van der Waals surface area contributed by atoms with Crippen LogP contribution in [0.3, 0.4) is 0 Å². The summed E-state index contributed by atoms with van der Waals surface area (Å²) in [4.78, 5) is 0. The van der Waals surface area contributed by atoms with Crippen molar-refractivity contribution in [3.63, 3.8) is 0 Å². The quantitative estimate of drug-likeness (QED) is 0.521. The standard InChI is InChI=1S/C10H18O/c1-9(2,3)8-7-10(8)5-4-6-11-10/h8H,4-7H2,1-3H3. The molecule has 2 rings (SSSR count). The van der Waals surface area contributed by atoms with Crippen LogP contribution in [0.4, 0.5) is 0 Å². The van der Waals surface area contributed by atoms with Crippen LogP contribution in [0.1, 0.15) is 40.0 Å². The van der Waals surface area contributed by atoms with Crippen molar-refractivity contribution in [2.24, 2.45) is 11.3 Å². The second kappa shape index (κ2) is 2.01. The Kier molecular flexibility index (Phi) is 1.39. The highest BCUT2D eigenvalue weighted by atomic mass is 16.5. The first-order chi connectivity index (χ1) is 5.05. The van der Waals surface area contributed by atoms with Gasteiger partial charge in [-0.3, -0.25) is 0 Å². The van der Waals surface area contributed by atoms with Crippen molar-refractivity contribution in [2.75, 3.05) is 6.61 Å². The molecule has 1 aliphatic heterocycles. The van der Waals surface area contributed by atoms with Crippen molar-refractivity contribution in [2.45, 2.75) is 45.6 Å². The molecule has 0 aromatic rings. The van der Waals surface area contributed by atoms with Gasteiger partial charge in [0, 0.05) is 6.61 Å². The maximum atomic E-state index is 5.79. The van der Waals surface area contributed by atoms with E-state index in [1.54, 1.807) is 0 Å². The lowest BCUT2D eigenvalue weighted by Crippen LogP contribution is -2.19. The predicted molar refractivity (Wildman–Crippen MR) is 45.5 cm³/mol. The smallest absolute Gasteiger partial charge is 0.0721 e. The molecule has 11 heavy (non-hydrogen) atoms. The minimum atomic E-state index is 0.345. The van der Waals surface area contributed by atoms with E-state index in [0.29, 0.717) is 11.0 Å². The highest BCUT2D eigenvalue weighted by Crippen LogP contribution is 2.60. The molecule has 0 radical (unpaired) electrons. The topological polar surface area (TPSA) is 9.23 Å². The Labute approximate surface area is 69.1 Å². The Hall–Kier alpha value is -0.0400. The van der Waals surface area contributed by atoms with Crippen LogP contribution in [0, 0.1) is 11.3 Å². The maximum absolute atomic E-state index is 5.79. The normalized spacial score (nSPS) is 43.4. The summed E-state index contributed by atoms with van der Waals surface area (Å²) in [5, 5.41) is 0. The molecular weight excluding hydrogens is 136 g/mol. The van der Waals surface area contributed by atoms with Crippen molar-refractivity contribution in [3.8, 4) is 0 Å². The molecule has 1 saturated heterocycles. The molecule has 0 N–H and O–H groups in total. The van der Waals surface area contributed by atoms with Gasteiger partial charge in [0.2, 0.25) is 0 Å². The molecule has 1 nitrogen and oxygen atoms in total. The van der Waals surface area contributed by atoms with E-state index in [-0.39, 0.29) is 0 Å². The van der Waals surface area contributed by atoms with Gasteiger partial charge in [0.1, 0.15) is 0 Å². The molecule has 0 aromatic heterocycles. The lowest BCUT2D eigenvalue weighted by Gasteiger charge is -2.21. The molecule has 2 unspecified atom stereocenters. The fourth-order valence-corrected chi connectivity index (χ4v) is 2.54. The molecule has 0 aromatic carbocycles. The third-order valence-corrected chi connectivity index (χ3v) is 3.20. The molecule has 1 saturated carbocycles. The number of hydrogen-bond donors (Lipinski definition) is 0. The molecule has 0 bridgehead atoms. The fourth-order valence-electron chi connectivity index (χ4n) is 2.54. The molecular formula is C10H18O. The van der Waals surface area contributed by atoms with E-state index in [0.717, 1.165) is 12.5 Å². The average Bonchev–Trinajstić information content (AvgIpc) is 2.31. The summed E-state index contributed by atoms with van der Waals surface area (Å²) in [7, 11) is 0. The Bertz CT molecular complexity index is 160. The Morgan fingerprint density at radius 1 is 1.36 bits per heavy atom. The zero-order valence-electron chi connectivity index (χ0n) is 7.81. The molecule has 2 aliphatic rings. The van der Waals surface area contributed by atoms with Crippen LogP contribution < -0.4 is 0 Å². The first kappa shape index (κ1) is 7.60. The van der Waals surface area contributed by atoms with Crippen molar-refractivity contribution in [1.82, 2.24) is 0 Å². The highest BCUT2D eigenvalue weighted by molar-refractivity contribution is 5.11. The van der Waals surface area contributed by atoms with E-state index in [9.17, 15) is 0 Å². The minimum absolute atomic E-state index is 0.345.